The van der Waals surface area contributed by atoms with Crippen LogP contribution >= 0.6 is 0 Å². The van der Waals surface area contributed by atoms with Crippen molar-refractivity contribution in [2.24, 2.45) is 23.7 Å². The molecule has 0 aromatic rings. The highest BCUT2D eigenvalue weighted by Gasteiger charge is 2.43. The predicted molar refractivity (Wildman–Crippen MR) is 206 cm³/mol. The molecule has 0 bridgehead atoms. The molecule has 0 aliphatic carbocycles. The van der Waals surface area contributed by atoms with Gasteiger partial charge in [-0.3, -0.25) is 9.59 Å². The summed E-state index contributed by atoms with van der Waals surface area (Å²) in [7, 11) is 0. The Morgan fingerprint density at radius 3 is 1.52 bits per heavy atom. The molecule has 2 heterocycles. The number of unbranched alkanes of at least 4 members (excludes halogenated alkanes) is 6. The van der Waals surface area contributed by atoms with Gasteiger partial charge in [-0.05, 0) is 50.4 Å². The zero-order valence-electron chi connectivity index (χ0n) is 34.7. The number of esters is 1. The minimum absolute atomic E-state index is 0.168. The van der Waals surface area contributed by atoms with Crippen molar-refractivity contribution in [1.82, 2.24) is 5.32 Å². The summed E-state index contributed by atoms with van der Waals surface area (Å²) in [6, 6.07) is 0. The molecule has 56 heavy (non-hydrogen) atoms. The molecule has 7 N–H and O–H groups in total. The molecule has 2 saturated heterocycles. The third-order valence-corrected chi connectivity index (χ3v) is 9.59. The van der Waals surface area contributed by atoms with Crippen LogP contribution in [0, 0.1) is 23.7 Å². The molecule has 0 radical (unpaired) electrons. The maximum absolute atomic E-state index is 11.9. The van der Waals surface area contributed by atoms with Crippen molar-refractivity contribution in [3.05, 3.63) is 0 Å². The van der Waals surface area contributed by atoms with Crippen molar-refractivity contribution >= 4 is 17.8 Å². The van der Waals surface area contributed by atoms with Gasteiger partial charge in [0, 0.05) is 50.9 Å². The van der Waals surface area contributed by atoms with E-state index < -0.39 is 61.7 Å². The van der Waals surface area contributed by atoms with Gasteiger partial charge in [0.05, 0.1) is 38.6 Å². The molecule has 0 aromatic heterocycles. The summed E-state index contributed by atoms with van der Waals surface area (Å²) in [6.45, 7) is 13.0. The number of alkyl carbamates (subject to hydrolysis) is 1. The van der Waals surface area contributed by atoms with Crippen LogP contribution in [0.15, 0.2) is 0 Å². The van der Waals surface area contributed by atoms with Crippen LogP contribution in [0.3, 0.4) is 0 Å². The number of aliphatic hydroxyl groups excluding tert-OH is 6. The first-order valence-corrected chi connectivity index (χ1v) is 20.7. The fraction of sp³-hybridized carbons (Fsp3) is 0.925. The number of hydrogen-bond acceptors (Lipinski definition) is 15. The maximum atomic E-state index is 11.9. The molecular weight excluding hydrogens is 734 g/mol. The lowest BCUT2D eigenvalue weighted by Crippen LogP contribution is -2.55. The second-order valence-corrected chi connectivity index (χ2v) is 15.8. The van der Waals surface area contributed by atoms with Crippen molar-refractivity contribution in [2.75, 3.05) is 46.2 Å². The number of carbonyl (C=O) groups excluding carboxylic acids is 3. The van der Waals surface area contributed by atoms with Crippen molar-refractivity contribution in [3.8, 4) is 0 Å². The third kappa shape index (κ3) is 21.7. The van der Waals surface area contributed by atoms with Gasteiger partial charge in [-0.2, -0.15) is 0 Å². The number of hydrogen-bond donors (Lipinski definition) is 7. The number of Topliss-reactive ketones (excluding diaryl/α,β-unsaturated/α-hetero) is 1. The molecule has 16 nitrogen and oxygen atoms in total. The van der Waals surface area contributed by atoms with Crippen molar-refractivity contribution in [1.29, 1.82) is 0 Å². The Balaban J connectivity index is 0.000000566. The Hall–Kier alpha value is -1.99. The quantitative estimate of drug-likeness (QED) is 0.0491. The van der Waals surface area contributed by atoms with Gasteiger partial charge in [0.2, 0.25) is 0 Å². The highest BCUT2D eigenvalue weighted by atomic mass is 16.7. The molecule has 10 atom stereocenters. The number of rotatable bonds is 26. The minimum atomic E-state index is -1.13. The van der Waals surface area contributed by atoms with Gasteiger partial charge in [0.1, 0.15) is 30.2 Å². The van der Waals surface area contributed by atoms with E-state index in [1.807, 2.05) is 27.7 Å². The normalized spacial score (nSPS) is 27.8. The Bertz CT molecular complexity index is 1050. The van der Waals surface area contributed by atoms with Crippen LogP contribution in [-0.2, 0) is 38.0 Å². The number of ketones is 1. The standard InChI is InChI=1S/C22H40O8.C18H35NO7/c1-15(2)14-29-19(25)11-6-4-5-9-17(24)10-7-8-12-28-22-16(3)20(26)21(27)18(13-23)30-22;1-12(2)11-25-18(23)19-8-6-4-5-7-9-24-17-13(3)15(21)16(22)14(10-20)26-17/h15-16,18,20-23,26-27H,4-14H2,1-3H3;12-17,20-22H,4-11H2,1-3H3,(H,19,23)/t16?,18?,20-,21+,22-;13?,14?,15-,16+,17-/m11/s1. The summed E-state index contributed by atoms with van der Waals surface area (Å²) in [5.41, 5.74) is 0. The van der Waals surface area contributed by atoms with E-state index in [9.17, 15) is 45.0 Å². The molecule has 330 valence electrons. The summed E-state index contributed by atoms with van der Waals surface area (Å²) in [5, 5.41) is 60.7. The van der Waals surface area contributed by atoms with Crippen LogP contribution in [0.5, 0.6) is 0 Å². The Kier molecular flexibility index (Phi) is 28.0. The fourth-order valence-electron chi connectivity index (χ4n) is 5.93. The van der Waals surface area contributed by atoms with E-state index in [2.05, 4.69) is 5.32 Å². The van der Waals surface area contributed by atoms with Crippen LogP contribution < -0.4 is 5.32 Å². The van der Waals surface area contributed by atoms with Gasteiger partial charge in [-0.1, -0.05) is 60.8 Å². The summed E-state index contributed by atoms with van der Waals surface area (Å²) < 4.78 is 32.4. The molecule has 2 aliphatic heterocycles. The van der Waals surface area contributed by atoms with E-state index >= 15 is 0 Å². The average molecular weight is 810 g/mol. The van der Waals surface area contributed by atoms with Crippen molar-refractivity contribution < 1.29 is 73.4 Å². The fourth-order valence-corrected chi connectivity index (χ4v) is 5.93. The van der Waals surface area contributed by atoms with Crippen LogP contribution in [0.1, 0.15) is 119 Å². The largest absolute Gasteiger partial charge is 0.465 e. The van der Waals surface area contributed by atoms with Gasteiger partial charge in [0.25, 0.3) is 0 Å². The number of ether oxygens (including phenoxy) is 6. The molecule has 2 rings (SSSR count). The summed E-state index contributed by atoms with van der Waals surface area (Å²) >= 11 is 0. The smallest absolute Gasteiger partial charge is 0.407 e. The molecule has 0 spiro atoms. The molecule has 1 amide bonds. The Labute approximate surface area is 333 Å². The number of amides is 1. The van der Waals surface area contributed by atoms with Crippen LogP contribution in [0.4, 0.5) is 4.79 Å². The second-order valence-electron chi connectivity index (χ2n) is 15.8. The first kappa shape index (κ1) is 52.0. The van der Waals surface area contributed by atoms with E-state index in [1.165, 1.54) is 0 Å². The van der Waals surface area contributed by atoms with Crippen molar-refractivity contribution in [3.63, 3.8) is 0 Å². The van der Waals surface area contributed by atoms with E-state index in [4.69, 9.17) is 28.4 Å². The van der Waals surface area contributed by atoms with Crippen LogP contribution in [-0.4, -0.2) is 144 Å². The topological polar surface area (TPSA) is 240 Å². The molecule has 0 aromatic carbocycles. The van der Waals surface area contributed by atoms with Gasteiger partial charge in [-0.25, -0.2) is 4.79 Å². The summed E-state index contributed by atoms with van der Waals surface area (Å²) in [4.78, 5) is 34.8. The summed E-state index contributed by atoms with van der Waals surface area (Å²) in [6.07, 6.45) is 1.14. The molecule has 2 aliphatic rings. The maximum Gasteiger partial charge on any atom is 0.407 e. The van der Waals surface area contributed by atoms with E-state index in [-0.39, 0.29) is 30.4 Å². The first-order valence-electron chi connectivity index (χ1n) is 20.7. The van der Waals surface area contributed by atoms with Gasteiger partial charge in [-0.15, -0.1) is 0 Å². The average Bonchev–Trinajstić information content (AvgIpc) is 3.16. The number of nitrogens with one attached hydrogen (secondary N) is 1. The van der Waals surface area contributed by atoms with E-state index in [0.717, 1.165) is 44.9 Å². The number of aliphatic hydroxyl groups is 6. The molecular formula is C40H75NO15. The zero-order valence-corrected chi connectivity index (χ0v) is 34.7. The van der Waals surface area contributed by atoms with Crippen molar-refractivity contribution in [2.45, 2.75) is 168 Å². The van der Waals surface area contributed by atoms with Crippen LogP contribution in [0.2, 0.25) is 0 Å². The lowest BCUT2D eigenvalue weighted by atomic mass is 9.92. The lowest BCUT2D eigenvalue weighted by Gasteiger charge is -2.40. The first-order chi connectivity index (χ1) is 26.6. The second kappa shape index (κ2) is 30.1. The monoisotopic (exact) mass is 810 g/mol. The highest BCUT2D eigenvalue weighted by Crippen LogP contribution is 2.28. The van der Waals surface area contributed by atoms with E-state index in [1.54, 1.807) is 13.8 Å². The predicted octanol–water partition coefficient (Wildman–Crippen LogP) is 2.99. The Morgan fingerprint density at radius 2 is 1.02 bits per heavy atom. The Morgan fingerprint density at radius 1 is 0.589 bits per heavy atom. The molecule has 0 saturated carbocycles. The lowest BCUT2D eigenvalue weighted by molar-refractivity contribution is -0.282. The van der Waals surface area contributed by atoms with Gasteiger partial charge >= 0.3 is 12.1 Å². The molecule has 2 fully saturated rings. The molecule has 16 heteroatoms. The summed E-state index contributed by atoms with van der Waals surface area (Å²) in [5.74, 6) is -0.0701. The minimum Gasteiger partial charge on any atom is -0.465 e. The molecule has 4 unspecified atom stereocenters. The van der Waals surface area contributed by atoms with E-state index in [0.29, 0.717) is 76.9 Å². The third-order valence-electron chi connectivity index (χ3n) is 9.59. The van der Waals surface area contributed by atoms with Gasteiger partial charge in [0.15, 0.2) is 12.6 Å². The number of carbonyl (C=O) groups is 3. The zero-order chi connectivity index (χ0) is 42.0. The highest BCUT2D eigenvalue weighted by molar-refractivity contribution is 5.78. The van der Waals surface area contributed by atoms with Crippen LogP contribution in [0.25, 0.3) is 0 Å². The SMILES string of the molecule is CC(C)COC(=O)CCCCCC(=O)CCCCO[C@@H]1OC(CO)[C@H](O)[C@H](O)C1C.CC(C)COC(=O)NCCCCCCO[C@@H]1OC(CO)[C@H](O)[C@H](O)C1C. The van der Waals surface area contributed by atoms with Gasteiger partial charge < -0.3 is 64.4 Å².